The number of nitro benzene ring substituents is 4. The highest BCUT2D eigenvalue weighted by molar-refractivity contribution is 5.64. The molecule has 0 saturated carbocycles. The topological polar surface area (TPSA) is 205 Å². The second kappa shape index (κ2) is 7.59. The molecule has 0 aliphatic heterocycles. The lowest BCUT2D eigenvalue weighted by Gasteiger charge is -2.04. The van der Waals surface area contributed by atoms with E-state index in [-0.39, 0.29) is 21.7 Å². The summed E-state index contributed by atoms with van der Waals surface area (Å²) in [4.78, 5) is 53.0. The van der Waals surface area contributed by atoms with Gasteiger partial charge < -0.3 is 0 Å². The van der Waals surface area contributed by atoms with Gasteiger partial charge in [-0.25, -0.2) is 0 Å². The Morgan fingerprint density at radius 2 is 1.00 bits per heavy atom. The largest absolute Gasteiger partial charge is 0.308 e. The molecule has 15 heteroatoms. The van der Waals surface area contributed by atoms with Crippen LogP contribution in [0, 0.1) is 59.2 Å². The number of non-ortho nitro benzene ring substituents is 1. The smallest absolute Gasteiger partial charge is 0.258 e. The maximum atomic E-state index is 12.5. The van der Waals surface area contributed by atoms with Crippen LogP contribution in [0.3, 0.4) is 0 Å². The van der Waals surface area contributed by atoms with Gasteiger partial charge in [-0.15, -0.1) is 5.43 Å². The highest BCUT2D eigenvalue weighted by Crippen LogP contribution is 2.35. The number of hydrogen-bond donors (Lipinski definition) is 1. The van der Waals surface area contributed by atoms with E-state index >= 15 is 0 Å². The molecule has 0 radical (unpaired) electrons. The van der Waals surface area contributed by atoms with Crippen molar-refractivity contribution >= 4 is 34.1 Å². The SMILES string of the molecule is Cc1c([N+](=O)[O-])cc(N[N+](=O)c2cc([N+](=O)[O-])cc([N+](=O)[O-])c2C)cc1[N+](=O)[O-]. The molecule has 0 amide bonds. The van der Waals surface area contributed by atoms with Crippen molar-refractivity contribution in [3.63, 3.8) is 0 Å². The quantitative estimate of drug-likeness (QED) is 0.402. The Labute approximate surface area is 159 Å². The molecule has 0 spiro atoms. The van der Waals surface area contributed by atoms with Crippen molar-refractivity contribution in [1.29, 1.82) is 0 Å². The van der Waals surface area contributed by atoms with Crippen LogP contribution in [0.4, 0.5) is 34.1 Å². The number of rotatable bonds is 7. The van der Waals surface area contributed by atoms with Gasteiger partial charge in [0.05, 0.1) is 36.7 Å². The minimum atomic E-state index is -0.939. The first-order valence-electron chi connectivity index (χ1n) is 7.54. The summed E-state index contributed by atoms with van der Waals surface area (Å²) in [5.74, 6) is 0. The molecule has 0 saturated heterocycles. The summed E-state index contributed by atoms with van der Waals surface area (Å²) in [6.07, 6.45) is 0. The summed E-state index contributed by atoms with van der Waals surface area (Å²) in [7, 11) is 0. The van der Waals surface area contributed by atoms with Gasteiger partial charge in [-0.3, -0.25) is 40.5 Å². The minimum Gasteiger partial charge on any atom is -0.258 e. The number of hydrazine groups is 1. The zero-order chi connectivity index (χ0) is 22.0. The maximum Gasteiger partial charge on any atom is 0.308 e. The first-order valence-corrected chi connectivity index (χ1v) is 7.54. The Hall–Kier alpha value is -4.56. The van der Waals surface area contributed by atoms with E-state index in [2.05, 4.69) is 5.43 Å². The third-order valence-electron chi connectivity index (χ3n) is 3.94. The summed E-state index contributed by atoms with van der Waals surface area (Å²) in [6.45, 7) is 2.33. The molecule has 15 nitrogen and oxygen atoms in total. The Morgan fingerprint density at radius 3 is 1.41 bits per heavy atom. The normalized spacial score (nSPS) is 10.3. The highest BCUT2D eigenvalue weighted by Gasteiger charge is 2.32. The van der Waals surface area contributed by atoms with E-state index in [1.54, 1.807) is 0 Å². The molecule has 2 aromatic carbocycles. The first kappa shape index (κ1) is 20.7. The average Bonchev–Trinajstić information content (AvgIpc) is 2.61. The molecule has 0 aliphatic rings. The van der Waals surface area contributed by atoms with Crippen LogP contribution in [0.1, 0.15) is 11.1 Å². The van der Waals surface area contributed by atoms with Crippen LogP contribution >= 0.6 is 0 Å². The average molecular weight is 407 g/mol. The fourth-order valence-corrected chi connectivity index (χ4v) is 2.48. The van der Waals surface area contributed by atoms with Gasteiger partial charge in [-0.1, -0.05) is 0 Å². The van der Waals surface area contributed by atoms with Gasteiger partial charge in [-0.05, 0) is 13.8 Å². The third kappa shape index (κ3) is 4.07. The molecule has 0 bridgehead atoms. The zero-order valence-corrected chi connectivity index (χ0v) is 14.7. The van der Waals surface area contributed by atoms with Crippen molar-refractivity contribution in [2.45, 2.75) is 13.8 Å². The number of nitrogens with zero attached hydrogens (tertiary/aromatic N) is 5. The number of anilines is 1. The second-order valence-corrected chi connectivity index (χ2v) is 5.68. The molecule has 0 aromatic heterocycles. The van der Waals surface area contributed by atoms with Crippen LogP contribution in [0.15, 0.2) is 24.3 Å². The van der Waals surface area contributed by atoms with E-state index in [0.29, 0.717) is 6.07 Å². The van der Waals surface area contributed by atoms with Gasteiger partial charge in [0.1, 0.15) is 16.8 Å². The van der Waals surface area contributed by atoms with Crippen LogP contribution in [-0.2, 0) is 0 Å². The summed E-state index contributed by atoms with van der Waals surface area (Å²) in [6, 6.07) is 3.15. The molecule has 29 heavy (non-hydrogen) atoms. The number of benzene rings is 2. The molecule has 2 aromatic rings. The van der Waals surface area contributed by atoms with Crippen LogP contribution in [0.2, 0.25) is 0 Å². The van der Waals surface area contributed by atoms with Gasteiger partial charge in [-0.2, -0.15) is 0 Å². The van der Waals surface area contributed by atoms with E-state index < -0.39 is 48.1 Å². The van der Waals surface area contributed by atoms with Gasteiger partial charge >= 0.3 is 5.69 Å². The van der Waals surface area contributed by atoms with Crippen LogP contribution in [-0.4, -0.2) is 24.6 Å². The van der Waals surface area contributed by atoms with Crippen LogP contribution in [0.5, 0.6) is 0 Å². The number of nitrogens with one attached hydrogen (secondary N) is 1. The van der Waals surface area contributed by atoms with Gasteiger partial charge in [0.2, 0.25) is 0 Å². The predicted octanol–water partition coefficient (Wildman–Crippen LogP) is 3.37. The Bertz CT molecular complexity index is 1060. The van der Waals surface area contributed by atoms with Gasteiger partial charge in [0, 0.05) is 12.1 Å². The minimum absolute atomic E-state index is 0.104. The Kier molecular flexibility index (Phi) is 5.43. The van der Waals surface area contributed by atoms with E-state index in [1.807, 2.05) is 0 Å². The summed E-state index contributed by atoms with van der Waals surface area (Å²) < 4.78 is 0. The van der Waals surface area contributed by atoms with E-state index in [1.165, 1.54) is 6.92 Å². The zero-order valence-electron chi connectivity index (χ0n) is 14.7. The van der Waals surface area contributed by atoms with Crippen LogP contribution in [0.25, 0.3) is 0 Å². The molecule has 0 fully saturated rings. The number of hydrogen-bond acceptors (Lipinski definition) is 9. The molecule has 0 atom stereocenters. The first-order chi connectivity index (χ1) is 13.4. The number of nitroso groups, excluding NO2 is 1. The van der Waals surface area contributed by atoms with Crippen molar-refractivity contribution in [3.05, 3.63) is 80.8 Å². The third-order valence-corrected chi connectivity index (χ3v) is 3.94. The predicted molar refractivity (Wildman–Crippen MR) is 95.9 cm³/mol. The molecular formula is C14H11N6O9+. The maximum absolute atomic E-state index is 12.5. The Morgan fingerprint density at radius 1 is 0.621 bits per heavy atom. The second-order valence-electron chi connectivity index (χ2n) is 5.68. The molecule has 150 valence electrons. The molecule has 1 N–H and O–H groups in total. The van der Waals surface area contributed by atoms with Crippen molar-refractivity contribution < 1.29 is 24.6 Å². The van der Waals surface area contributed by atoms with E-state index in [9.17, 15) is 45.4 Å². The van der Waals surface area contributed by atoms with Crippen molar-refractivity contribution in [3.8, 4) is 0 Å². The van der Waals surface area contributed by atoms with Gasteiger partial charge in [0.15, 0.2) is 4.87 Å². The monoisotopic (exact) mass is 407 g/mol. The Balaban J connectivity index is 2.58. The lowest BCUT2D eigenvalue weighted by molar-refractivity contribution is -0.432. The number of nitro groups is 4. The molecule has 0 aliphatic carbocycles. The van der Waals surface area contributed by atoms with Crippen molar-refractivity contribution in [2.24, 2.45) is 0 Å². The molecule has 0 heterocycles. The fraction of sp³-hybridized carbons (Fsp3) is 0.143. The highest BCUT2D eigenvalue weighted by atomic mass is 16.6. The summed E-state index contributed by atoms with van der Waals surface area (Å²) in [5.41, 5.74) is -1.99. The summed E-state index contributed by atoms with van der Waals surface area (Å²) in [5, 5.41) is 44.3. The fourth-order valence-electron chi connectivity index (χ4n) is 2.48. The van der Waals surface area contributed by atoms with Crippen LogP contribution < -0.4 is 5.43 Å². The molecule has 0 unspecified atom stereocenters. The van der Waals surface area contributed by atoms with Crippen molar-refractivity contribution in [2.75, 3.05) is 5.43 Å². The van der Waals surface area contributed by atoms with Crippen molar-refractivity contribution in [1.82, 2.24) is 0 Å². The lowest BCUT2D eigenvalue weighted by atomic mass is 10.1. The molecule has 2 rings (SSSR count). The standard InChI is InChI=1S/C14H11N6O9/c1-7-11(5-10(17(22)23)6-14(7)20(28)29)16(21)15-9-3-12(18(24)25)8(2)13(4-9)19(26)27/h3-6H,1-2H3,(H,15,21)/q+1. The van der Waals surface area contributed by atoms with Gasteiger partial charge in [0.25, 0.3) is 22.7 Å². The van der Waals surface area contributed by atoms with E-state index in [0.717, 1.165) is 25.1 Å². The van der Waals surface area contributed by atoms with E-state index in [4.69, 9.17) is 0 Å². The summed E-state index contributed by atoms with van der Waals surface area (Å²) >= 11 is 0. The molecular weight excluding hydrogens is 396 g/mol. The lowest BCUT2D eigenvalue weighted by Crippen LogP contribution is -2.13.